The number of nitriles is 1. The molecule has 0 radical (unpaired) electrons. The molecule has 1 aromatic carbocycles. The number of hydrogen-bond donors (Lipinski definition) is 1. The molecule has 102 valence electrons. The molecular weight excluding hydrogens is 252 g/mol. The van der Waals surface area contributed by atoms with E-state index in [1.807, 2.05) is 19.1 Å². The van der Waals surface area contributed by atoms with E-state index in [9.17, 15) is 4.79 Å². The predicted octanol–water partition coefficient (Wildman–Crippen LogP) is 2.14. The van der Waals surface area contributed by atoms with Gasteiger partial charge in [-0.05, 0) is 24.1 Å². The molecule has 2 rings (SSSR count). The van der Waals surface area contributed by atoms with Gasteiger partial charge in [0.05, 0.1) is 11.6 Å². The molecule has 20 heavy (non-hydrogen) atoms. The third kappa shape index (κ3) is 3.23. The topological polar surface area (TPSA) is 70.7 Å². The molecule has 5 nitrogen and oxygen atoms in total. The van der Waals surface area contributed by atoms with E-state index in [2.05, 4.69) is 16.4 Å². The van der Waals surface area contributed by atoms with Crippen molar-refractivity contribution in [3.63, 3.8) is 0 Å². The van der Waals surface area contributed by atoms with Crippen LogP contribution < -0.4 is 10.9 Å². The van der Waals surface area contributed by atoms with Gasteiger partial charge in [-0.15, -0.1) is 0 Å². The van der Waals surface area contributed by atoms with Gasteiger partial charge in [0.15, 0.2) is 5.82 Å². The van der Waals surface area contributed by atoms with Gasteiger partial charge in [-0.1, -0.05) is 19.1 Å². The molecule has 5 heteroatoms. The molecule has 0 aliphatic heterocycles. The summed E-state index contributed by atoms with van der Waals surface area (Å²) in [5.74, 6) is 0.352. The monoisotopic (exact) mass is 268 g/mol. The van der Waals surface area contributed by atoms with E-state index in [1.54, 1.807) is 29.1 Å². The van der Waals surface area contributed by atoms with Crippen LogP contribution in [0.15, 0.2) is 41.5 Å². The molecule has 0 aliphatic carbocycles. The Hall–Kier alpha value is -2.61. The first kappa shape index (κ1) is 13.8. The van der Waals surface area contributed by atoms with Crippen LogP contribution in [0, 0.1) is 11.3 Å². The van der Waals surface area contributed by atoms with Gasteiger partial charge in [0.2, 0.25) is 0 Å². The lowest BCUT2D eigenvalue weighted by Gasteiger charge is -2.08. The molecule has 1 aromatic heterocycles. The van der Waals surface area contributed by atoms with E-state index in [0.29, 0.717) is 24.5 Å². The number of aryl methyl sites for hydroxylation is 1. The van der Waals surface area contributed by atoms with Gasteiger partial charge in [0.1, 0.15) is 0 Å². The van der Waals surface area contributed by atoms with E-state index < -0.39 is 0 Å². The van der Waals surface area contributed by atoms with Gasteiger partial charge < -0.3 is 9.88 Å². The molecular formula is C15H16N4O. The molecule has 0 fully saturated rings. The highest BCUT2D eigenvalue weighted by molar-refractivity contribution is 5.35. The number of nitrogens with one attached hydrogen (secondary N) is 1. The summed E-state index contributed by atoms with van der Waals surface area (Å²) in [6.45, 7) is 3.22. The number of hydrogen-bond acceptors (Lipinski definition) is 4. The number of anilines is 1. The number of rotatable bonds is 5. The fourth-order valence-electron chi connectivity index (χ4n) is 1.87. The minimum Gasteiger partial charge on any atom is -0.361 e. The Morgan fingerprint density at radius 1 is 1.35 bits per heavy atom. The molecule has 0 unspecified atom stereocenters. The Balaban J connectivity index is 2.09. The van der Waals surface area contributed by atoms with Gasteiger partial charge in [-0.25, -0.2) is 4.98 Å². The second-order valence-corrected chi connectivity index (χ2v) is 4.44. The van der Waals surface area contributed by atoms with E-state index >= 15 is 0 Å². The summed E-state index contributed by atoms with van der Waals surface area (Å²) in [7, 11) is 0. The smallest absolute Gasteiger partial charge is 0.293 e. The highest BCUT2D eigenvalue weighted by Crippen LogP contribution is 2.05. The van der Waals surface area contributed by atoms with E-state index in [4.69, 9.17) is 5.26 Å². The predicted molar refractivity (Wildman–Crippen MR) is 77.3 cm³/mol. The van der Waals surface area contributed by atoms with E-state index in [1.165, 1.54) is 0 Å². The molecule has 1 N–H and O–H groups in total. The third-order valence-corrected chi connectivity index (χ3v) is 2.92. The third-order valence-electron chi connectivity index (χ3n) is 2.92. The Bertz CT molecular complexity index is 668. The average molecular weight is 268 g/mol. The molecule has 0 spiro atoms. The summed E-state index contributed by atoms with van der Waals surface area (Å²) in [6.07, 6.45) is 4.22. The SMILES string of the molecule is CCCn1ccnc(NCc2ccc(C#N)cc2)c1=O. The Kier molecular flexibility index (Phi) is 4.51. The minimum absolute atomic E-state index is 0.108. The summed E-state index contributed by atoms with van der Waals surface area (Å²) in [4.78, 5) is 16.1. The Morgan fingerprint density at radius 2 is 2.10 bits per heavy atom. The van der Waals surface area contributed by atoms with E-state index in [0.717, 1.165) is 12.0 Å². The van der Waals surface area contributed by atoms with Crippen molar-refractivity contribution in [1.82, 2.24) is 9.55 Å². The zero-order valence-electron chi connectivity index (χ0n) is 11.3. The van der Waals surface area contributed by atoms with Crippen molar-refractivity contribution in [2.24, 2.45) is 0 Å². The van der Waals surface area contributed by atoms with Crippen LogP contribution >= 0.6 is 0 Å². The zero-order valence-corrected chi connectivity index (χ0v) is 11.3. The standard InChI is InChI=1S/C15H16N4O/c1-2-8-19-9-7-17-14(15(19)20)18-11-13-5-3-12(10-16)4-6-13/h3-7,9H,2,8,11H2,1H3,(H,17,18). The van der Waals surface area contributed by atoms with Crippen molar-refractivity contribution < 1.29 is 0 Å². The molecule has 0 atom stereocenters. The van der Waals surface area contributed by atoms with Gasteiger partial charge in [0, 0.05) is 25.5 Å². The van der Waals surface area contributed by atoms with E-state index in [-0.39, 0.29) is 5.56 Å². The summed E-state index contributed by atoms with van der Waals surface area (Å²) in [5, 5.41) is 11.8. The maximum atomic E-state index is 12.1. The van der Waals surface area contributed by atoms with Crippen LogP contribution in [0.2, 0.25) is 0 Å². The number of nitrogens with zero attached hydrogens (tertiary/aromatic N) is 3. The van der Waals surface area contributed by atoms with Crippen LogP contribution in [0.25, 0.3) is 0 Å². The first-order valence-electron chi connectivity index (χ1n) is 6.53. The molecule has 0 saturated heterocycles. The maximum Gasteiger partial charge on any atom is 0.293 e. The Morgan fingerprint density at radius 3 is 2.75 bits per heavy atom. The van der Waals surface area contributed by atoms with Crippen molar-refractivity contribution in [1.29, 1.82) is 5.26 Å². The summed E-state index contributed by atoms with van der Waals surface area (Å²) < 4.78 is 1.65. The summed E-state index contributed by atoms with van der Waals surface area (Å²) >= 11 is 0. The normalized spacial score (nSPS) is 10.0. The molecule has 0 saturated carbocycles. The van der Waals surface area contributed by atoms with Crippen LogP contribution in [-0.4, -0.2) is 9.55 Å². The van der Waals surface area contributed by atoms with Crippen molar-refractivity contribution in [3.8, 4) is 6.07 Å². The number of benzene rings is 1. The first-order valence-corrected chi connectivity index (χ1v) is 6.53. The lowest BCUT2D eigenvalue weighted by atomic mass is 10.1. The van der Waals surface area contributed by atoms with Crippen LogP contribution in [0.1, 0.15) is 24.5 Å². The van der Waals surface area contributed by atoms with Crippen LogP contribution in [0.3, 0.4) is 0 Å². The van der Waals surface area contributed by atoms with Crippen LogP contribution in [-0.2, 0) is 13.1 Å². The quantitative estimate of drug-likeness (QED) is 0.901. The van der Waals surface area contributed by atoms with Gasteiger partial charge in [0.25, 0.3) is 5.56 Å². The lowest BCUT2D eigenvalue weighted by molar-refractivity contribution is 0.649. The lowest BCUT2D eigenvalue weighted by Crippen LogP contribution is -2.24. The molecule has 1 heterocycles. The molecule has 2 aromatic rings. The number of aromatic nitrogens is 2. The van der Waals surface area contributed by atoms with Gasteiger partial charge in [-0.2, -0.15) is 5.26 Å². The highest BCUT2D eigenvalue weighted by atomic mass is 16.1. The van der Waals surface area contributed by atoms with Gasteiger partial charge in [-0.3, -0.25) is 4.79 Å². The van der Waals surface area contributed by atoms with Crippen LogP contribution in [0.4, 0.5) is 5.82 Å². The van der Waals surface area contributed by atoms with Crippen molar-refractivity contribution in [2.75, 3.05) is 5.32 Å². The Labute approximate surface area is 117 Å². The van der Waals surface area contributed by atoms with Crippen molar-refractivity contribution in [2.45, 2.75) is 26.4 Å². The zero-order chi connectivity index (χ0) is 14.4. The highest BCUT2D eigenvalue weighted by Gasteiger charge is 2.03. The fraction of sp³-hybridized carbons (Fsp3) is 0.267. The summed E-state index contributed by atoms with van der Waals surface area (Å²) in [5.41, 5.74) is 1.51. The molecule has 0 aliphatic rings. The van der Waals surface area contributed by atoms with Crippen molar-refractivity contribution in [3.05, 3.63) is 58.1 Å². The molecule has 0 amide bonds. The average Bonchev–Trinajstić information content (AvgIpc) is 2.49. The summed E-state index contributed by atoms with van der Waals surface area (Å²) in [6, 6.07) is 9.30. The van der Waals surface area contributed by atoms with Crippen LogP contribution in [0.5, 0.6) is 0 Å². The second-order valence-electron chi connectivity index (χ2n) is 4.44. The maximum absolute atomic E-state index is 12.1. The molecule has 0 bridgehead atoms. The van der Waals surface area contributed by atoms with Gasteiger partial charge >= 0.3 is 0 Å². The largest absolute Gasteiger partial charge is 0.361 e. The first-order chi connectivity index (χ1) is 9.74. The second kappa shape index (κ2) is 6.53. The van der Waals surface area contributed by atoms with Crippen molar-refractivity contribution >= 4 is 5.82 Å². The minimum atomic E-state index is -0.108. The fourth-order valence-corrected chi connectivity index (χ4v) is 1.87.